The van der Waals surface area contributed by atoms with Gasteiger partial charge < -0.3 is 9.80 Å². The fourth-order valence-corrected chi connectivity index (χ4v) is 5.17. The Kier molecular flexibility index (Phi) is 5.07. The molecule has 0 saturated carbocycles. The van der Waals surface area contributed by atoms with Crippen molar-refractivity contribution in [3.63, 3.8) is 0 Å². The largest absolute Gasteiger partial charge is 0.335 e. The number of hydrogen-bond acceptors (Lipinski definition) is 6. The van der Waals surface area contributed by atoms with Crippen LogP contribution < -0.4 is 4.72 Å². The highest BCUT2D eigenvalue weighted by Crippen LogP contribution is 2.30. The predicted molar refractivity (Wildman–Crippen MR) is 109 cm³/mol. The summed E-state index contributed by atoms with van der Waals surface area (Å²) in [7, 11) is -1.73. The van der Waals surface area contributed by atoms with Crippen LogP contribution in [-0.4, -0.2) is 71.6 Å². The van der Waals surface area contributed by atoms with Crippen LogP contribution in [-0.2, 0) is 10.0 Å². The molecule has 9 nitrogen and oxygen atoms in total. The molecule has 0 aliphatic carbocycles. The van der Waals surface area contributed by atoms with E-state index in [0.717, 1.165) is 25.9 Å². The lowest BCUT2D eigenvalue weighted by molar-refractivity contribution is 0.0559. The van der Waals surface area contributed by atoms with Gasteiger partial charge in [0, 0.05) is 18.2 Å². The molecule has 0 atom stereocenters. The number of aromatic nitrogens is 3. The first-order valence-corrected chi connectivity index (χ1v) is 11.3. The monoisotopic (exact) mass is 418 g/mol. The summed E-state index contributed by atoms with van der Waals surface area (Å²) in [6.45, 7) is 6.71. The van der Waals surface area contributed by atoms with Crippen LogP contribution in [0.15, 0.2) is 29.4 Å². The summed E-state index contributed by atoms with van der Waals surface area (Å²) in [5, 5.41) is 4.07. The number of anilines is 1. The fourth-order valence-electron chi connectivity index (χ4n) is 3.96. The number of sulfonamides is 1. The number of benzene rings is 1. The Morgan fingerprint density at radius 2 is 2.03 bits per heavy atom. The molecule has 4 rings (SSSR count). The maximum atomic E-state index is 13.4. The highest BCUT2D eigenvalue weighted by Gasteiger charge is 2.32. The number of hydrogen-bond donors (Lipinski definition) is 1. The molecule has 1 N–H and O–H groups in total. The summed E-state index contributed by atoms with van der Waals surface area (Å²) in [5.41, 5.74) is 0.764. The van der Waals surface area contributed by atoms with Crippen LogP contribution in [0, 0.1) is 5.92 Å². The van der Waals surface area contributed by atoms with Gasteiger partial charge >= 0.3 is 0 Å². The van der Waals surface area contributed by atoms with E-state index in [0.29, 0.717) is 23.7 Å². The molecule has 29 heavy (non-hydrogen) atoms. The van der Waals surface area contributed by atoms with E-state index < -0.39 is 10.0 Å². The van der Waals surface area contributed by atoms with E-state index in [1.165, 1.54) is 17.1 Å². The number of rotatable bonds is 4. The molecule has 0 bridgehead atoms. The number of likely N-dealkylation sites (tertiary alicyclic amines) is 1. The average Bonchev–Trinajstić information content (AvgIpc) is 3.13. The summed E-state index contributed by atoms with van der Waals surface area (Å²) in [4.78, 5) is 21.6. The molecule has 1 aromatic carbocycles. The maximum absolute atomic E-state index is 13.4. The SMILES string of the molecule is CC(C)CN(C(=O)c1ccc2c(c1)S(=O)(=O)Nc1ncnn1-2)C1CCN(C)CC1. The van der Waals surface area contributed by atoms with Gasteiger partial charge in [-0.3, -0.25) is 4.79 Å². The van der Waals surface area contributed by atoms with E-state index in [-0.39, 0.29) is 22.8 Å². The Balaban J connectivity index is 1.69. The van der Waals surface area contributed by atoms with Gasteiger partial charge in [-0.2, -0.15) is 14.8 Å². The maximum Gasteiger partial charge on any atom is 0.266 e. The highest BCUT2D eigenvalue weighted by molar-refractivity contribution is 7.93. The Morgan fingerprint density at radius 1 is 1.31 bits per heavy atom. The minimum Gasteiger partial charge on any atom is -0.335 e. The van der Waals surface area contributed by atoms with E-state index in [1.807, 2.05) is 4.90 Å². The first-order chi connectivity index (χ1) is 13.8. The zero-order valence-corrected chi connectivity index (χ0v) is 17.7. The van der Waals surface area contributed by atoms with Crippen molar-refractivity contribution >= 4 is 21.9 Å². The molecule has 1 aromatic heterocycles. The molecule has 0 radical (unpaired) electrons. The molecule has 3 heterocycles. The second-order valence-corrected chi connectivity index (χ2v) is 9.82. The van der Waals surface area contributed by atoms with E-state index in [4.69, 9.17) is 0 Å². The summed E-state index contributed by atoms with van der Waals surface area (Å²) >= 11 is 0. The molecule has 1 amide bonds. The van der Waals surface area contributed by atoms with Gasteiger partial charge in [0.1, 0.15) is 11.2 Å². The van der Waals surface area contributed by atoms with Gasteiger partial charge in [-0.25, -0.2) is 13.1 Å². The molecular weight excluding hydrogens is 392 g/mol. The first kappa shape index (κ1) is 19.8. The third-order valence-corrected chi connectivity index (χ3v) is 6.81. The van der Waals surface area contributed by atoms with Crippen LogP contribution in [0.3, 0.4) is 0 Å². The molecule has 156 valence electrons. The lowest BCUT2D eigenvalue weighted by atomic mass is 10.0. The zero-order chi connectivity index (χ0) is 20.8. The number of fused-ring (bicyclic) bond motifs is 3. The van der Waals surface area contributed by atoms with Gasteiger partial charge in [0.25, 0.3) is 15.9 Å². The normalized spacial score (nSPS) is 18.8. The highest BCUT2D eigenvalue weighted by atomic mass is 32.2. The summed E-state index contributed by atoms with van der Waals surface area (Å²) in [6, 6.07) is 4.91. The molecular formula is C19H26N6O3S. The number of piperidine rings is 1. The standard InChI is InChI=1S/C19H26N6O3S/c1-13(2)11-24(15-6-8-23(3)9-7-15)18(26)14-4-5-16-17(10-14)29(27,28)22-19-20-12-21-25(16)19/h4-5,10,12-13,15H,6-9,11H2,1-3H3,(H,20,21,22). The van der Waals surface area contributed by atoms with E-state index in [9.17, 15) is 13.2 Å². The van der Waals surface area contributed by atoms with Crippen molar-refractivity contribution in [2.75, 3.05) is 31.4 Å². The second kappa shape index (κ2) is 7.42. The van der Waals surface area contributed by atoms with Crippen LogP contribution in [0.1, 0.15) is 37.0 Å². The number of amides is 1. The van der Waals surface area contributed by atoms with E-state index >= 15 is 0 Å². The lowest BCUT2D eigenvalue weighted by Crippen LogP contribution is -2.48. The van der Waals surface area contributed by atoms with Crippen molar-refractivity contribution in [3.8, 4) is 5.69 Å². The van der Waals surface area contributed by atoms with Gasteiger partial charge in [0.05, 0.1) is 5.69 Å². The fraction of sp³-hybridized carbons (Fsp3) is 0.526. The van der Waals surface area contributed by atoms with Gasteiger partial charge in [0.2, 0.25) is 5.95 Å². The molecule has 2 aliphatic heterocycles. The number of carbonyl (C=O) groups excluding carboxylic acids is 1. The number of nitrogens with zero attached hydrogens (tertiary/aromatic N) is 5. The van der Waals surface area contributed by atoms with Gasteiger partial charge in [-0.05, 0) is 57.1 Å². The van der Waals surface area contributed by atoms with Crippen LogP contribution in [0.4, 0.5) is 5.95 Å². The second-order valence-electron chi connectivity index (χ2n) is 8.17. The van der Waals surface area contributed by atoms with Crippen molar-refractivity contribution in [2.24, 2.45) is 5.92 Å². The van der Waals surface area contributed by atoms with Gasteiger partial charge in [-0.15, -0.1) is 0 Å². The molecule has 10 heteroatoms. The summed E-state index contributed by atoms with van der Waals surface area (Å²) < 4.78 is 29.2. The number of nitrogens with one attached hydrogen (secondary N) is 1. The Morgan fingerprint density at radius 3 is 2.72 bits per heavy atom. The first-order valence-electron chi connectivity index (χ1n) is 9.83. The van der Waals surface area contributed by atoms with Crippen LogP contribution >= 0.6 is 0 Å². The molecule has 2 aliphatic rings. The van der Waals surface area contributed by atoms with Gasteiger partial charge in [-0.1, -0.05) is 13.8 Å². The summed E-state index contributed by atoms with van der Waals surface area (Å²) in [5.74, 6) is 0.333. The van der Waals surface area contributed by atoms with Crippen molar-refractivity contribution in [3.05, 3.63) is 30.1 Å². The minimum atomic E-state index is -3.81. The molecule has 0 spiro atoms. The zero-order valence-electron chi connectivity index (χ0n) is 16.9. The third kappa shape index (κ3) is 3.74. The van der Waals surface area contributed by atoms with E-state index in [1.54, 1.807) is 12.1 Å². The van der Waals surface area contributed by atoms with Crippen LogP contribution in [0.2, 0.25) is 0 Å². The molecule has 1 fully saturated rings. The van der Waals surface area contributed by atoms with Gasteiger partial charge in [0.15, 0.2) is 0 Å². The predicted octanol–water partition coefficient (Wildman–Crippen LogP) is 1.57. The quantitative estimate of drug-likeness (QED) is 0.809. The van der Waals surface area contributed by atoms with Crippen molar-refractivity contribution < 1.29 is 13.2 Å². The Bertz CT molecular complexity index is 1020. The lowest BCUT2D eigenvalue weighted by Gasteiger charge is -2.38. The average molecular weight is 419 g/mol. The van der Waals surface area contributed by atoms with Crippen molar-refractivity contribution in [1.82, 2.24) is 24.6 Å². The van der Waals surface area contributed by atoms with E-state index in [2.05, 4.69) is 40.6 Å². The summed E-state index contributed by atoms with van der Waals surface area (Å²) in [6.07, 6.45) is 3.13. The Labute approximate surface area is 170 Å². The smallest absolute Gasteiger partial charge is 0.266 e. The topological polar surface area (TPSA) is 100 Å². The van der Waals surface area contributed by atoms with Crippen LogP contribution in [0.25, 0.3) is 5.69 Å². The third-order valence-electron chi connectivity index (χ3n) is 5.45. The minimum absolute atomic E-state index is 0.0363. The van der Waals surface area contributed by atoms with Crippen molar-refractivity contribution in [1.29, 1.82) is 0 Å². The molecule has 2 aromatic rings. The number of carbonyl (C=O) groups is 1. The molecule has 0 unspecified atom stereocenters. The molecule has 1 saturated heterocycles. The van der Waals surface area contributed by atoms with Crippen molar-refractivity contribution in [2.45, 2.75) is 37.6 Å². The Hall–Kier alpha value is -2.46. The van der Waals surface area contributed by atoms with Crippen LogP contribution in [0.5, 0.6) is 0 Å².